The molecule has 3 rings (SSSR count). The molecule has 0 bridgehead atoms. The minimum absolute atomic E-state index is 0.272. The largest absolute Gasteiger partial charge is 0.495 e. The Morgan fingerprint density at radius 1 is 1.27 bits per heavy atom. The lowest BCUT2D eigenvalue weighted by Crippen LogP contribution is -2.15. The Morgan fingerprint density at radius 3 is 2.82 bits per heavy atom. The molecule has 1 aromatic carbocycles. The highest BCUT2D eigenvalue weighted by Gasteiger charge is 2.10. The maximum atomic E-state index is 12.1. The maximum absolute atomic E-state index is 12.1. The number of hydrogen-bond acceptors (Lipinski definition) is 6. The van der Waals surface area contributed by atoms with E-state index in [9.17, 15) is 4.79 Å². The molecule has 0 amide bonds. The van der Waals surface area contributed by atoms with Crippen LogP contribution in [-0.2, 0) is 0 Å². The summed E-state index contributed by atoms with van der Waals surface area (Å²) in [6.45, 7) is 1.97. The van der Waals surface area contributed by atoms with Crippen LogP contribution in [0.1, 0.15) is 5.56 Å². The Hall–Kier alpha value is -2.67. The Labute approximate surface area is 130 Å². The Kier molecular flexibility index (Phi) is 3.88. The van der Waals surface area contributed by atoms with Crippen molar-refractivity contribution in [3.63, 3.8) is 0 Å². The third kappa shape index (κ3) is 2.84. The number of benzene rings is 1. The monoisotopic (exact) mass is 314 g/mol. The van der Waals surface area contributed by atoms with Crippen LogP contribution in [0.3, 0.4) is 0 Å². The molecule has 0 aliphatic heterocycles. The van der Waals surface area contributed by atoms with Gasteiger partial charge in [-0.3, -0.25) is 9.78 Å². The van der Waals surface area contributed by atoms with E-state index >= 15 is 0 Å². The quantitative estimate of drug-likeness (QED) is 0.774. The molecule has 22 heavy (non-hydrogen) atoms. The Bertz CT molecular complexity index is 843. The predicted octanol–water partition coefficient (Wildman–Crippen LogP) is 2.95. The van der Waals surface area contributed by atoms with Gasteiger partial charge < -0.3 is 10.1 Å². The zero-order chi connectivity index (χ0) is 15.5. The zero-order valence-electron chi connectivity index (χ0n) is 12.1. The fourth-order valence-electron chi connectivity index (χ4n) is 2.01. The third-order valence-electron chi connectivity index (χ3n) is 3.06. The van der Waals surface area contributed by atoms with Gasteiger partial charge in [0.05, 0.1) is 17.7 Å². The van der Waals surface area contributed by atoms with E-state index in [1.165, 1.54) is 11.3 Å². The van der Waals surface area contributed by atoms with E-state index in [1.54, 1.807) is 7.11 Å². The highest BCUT2D eigenvalue weighted by atomic mass is 32.1. The molecule has 112 valence electrons. The van der Waals surface area contributed by atoms with Crippen molar-refractivity contribution >= 4 is 23.0 Å². The third-order valence-corrected chi connectivity index (χ3v) is 3.94. The number of aryl methyl sites for hydroxylation is 1. The van der Waals surface area contributed by atoms with Gasteiger partial charge in [0.1, 0.15) is 5.75 Å². The molecule has 0 unspecified atom stereocenters. The molecule has 3 aromatic rings. The summed E-state index contributed by atoms with van der Waals surface area (Å²) in [5, 5.41) is 13.0. The average Bonchev–Trinajstić information content (AvgIpc) is 3.02. The normalized spacial score (nSPS) is 10.5. The van der Waals surface area contributed by atoms with Crippen molar-refractivity contribution in [2.45, 2.75) is 6.92 Å². The molecule has 0 radical (unpaired) electrons. The molecule has 0 aliphatic carbocycles. The van der Waals surface area contributed by atoms with Crippen LogP contribution in [0.2, 0.25) is 0 Å². The first kappa shape index (κ1) is 14.3. The van der Waals surface area contributed by atoms with Crippen LogP contribution in [0.25, 0.3) is 10.6 Å². The summed E-state index contributed by atoms with van der Waals surface area (Å²) in [5.74, 6) is 0.935. The van der Waals surface area contributed by atoms with Gasteiger partial charge in [-0.1, -0.05) is 12.1 Å². The van der Waals surface area contributed by atoms with Crippen molar-refractivity contribution in [2.24, 2.45) is 0 Å². The number of anilines is 2. The van der Waals surface area contributed by atoms with Crippen LogP contribution < -0.4 is 15.6 Å². The fraction of sp³-hybridized carbons (Fsp3) is 0.133. The average molecular weight is 314 g/mol. The van der Waals surface area contributed by atoms with Crippen LogP contribution in [0, 0.1) is 6.92 Å². The Balaban J connectivity index is 1.93. The SMILES string of the molecule is COc1ccc(C)cc1Nc1nnc(-c2cccs2)c(=O)[nH]1. The lowest BCUT2D eigenvalue weighted by Gasteiger charge is -2.10. The summed E-state index contributed by atoms with van der Waals surface area (Å²) in [4.78, 5) is 15.6. The van der Waals surface area contributed by atoms with E-state index < -0.39 is 0 Å². The lowest BCUT2D eigenvalue weighted by atomic mass is 10.2. The van der Waals surface area contributed by atoms with Gasteiger partial charge in [0.15, 0.2) is 5.69 Å². The van der Waals surface area contributed by atoms with E-state index in [1.807, 2.05) is 42.6 Å². The summed E-state index contributed by atoms with van der Waals surface area (Å²) in [7, 11) is 1.59. The molecule has 0 fully saturated rings. The smallest absolute Gasteiger partial charge is 0.280 e. The summed E-state index contributed by atoms with van der Waals surface area (Å²) in [6, 6.07) is 9.40. The molecule has 2 heterocycles. The highest BCUT2D eigenvalue weighted by Crippen LogP contribution is 2.27. The molecule has 6 nitrogen and oxygen atoms in total. The summed E-state index contributed by atoms with van der Waals surface area (Å²) in [5.41, 5.74) is 1.81. The zero-order valence-corrected chi connectivity index (χ0v) is 12.9. The highest BCUT2D eigenvalue weighted by molar-refractivity contribution is 7.13. The fourth-order valence-corrected chi connectivity index (χ4v) is 2.72. The van der Waals surface area contributed by atoms with Crippen LogP contribution in [-0.4, -0.2) is 22.3 Å². The van der Waals surface area contributed by atoms with Crippen LogP contribution in [0.15, 0.2) is 40.5 Å². The van der Waals surface area contributed by atoms with Gasteiger partial charge in [0.25, 0.3) is 5.56 Å². The van der Waals surface area contributed by atoms with Gasteiger partial charge in [-0.05, 0) is 36.1 Å². The second kappa shape index (κ2) is 5.98. The van der Waals surface area contributed by atoms with Crippen molar-refractivity contribution in [3.05, 3.63) is 51.6 Å². The molecule has 2 aromatic heterocycles. The summed E-state index contributed by atoms with van der Waals surface area (Å²) < 4.78 is 5.28. The first-order valence-corrected chi connectivity index (χ1v) is 7.48. The van der Waals surface area contributed by atoms with E-state index in [0.717, 1.165) is 16.1 Å². The predicted molar refractivity (Wildman–Crippen MR) is 87.0 cm³/mol. The van der Waals surface area contributed by atoms with E-state index in [4.69, 9.17) is 4.74 Å². The second-order valence-electron chi connectivity index (χ2n) is 4.66. The number of thiophene rings is 1. The van der Waals surface area contributed by atoms with Gasteiger partial charge in [-0.2, -0.15) is 0 Å². The van der Waals surface area contributed by atoms with Crippen molar-refractivity contribution in [1.29, 1.82) is 0 Å². The number of nitrogens with one attached hydrogen (secondary N) is 2. The number of aromatic amines is 1. The standard InChI is InChI=1S/C15H14N4O2S/c1-9-5-6-11(21-2)10(8-9)16-15-17-14(20)13(18-19-15)12-4-3-7-22-12/h3-8H,1-2H3,(H2,16,17,19,20). The number of aromatic nitrogens is 3. The maximum Gasteiger partial charge on any atom is 0.280 e. The molecule has 0 saturated heterocycles. The van der Waals surface area contributed by atoms with Crippen molar-refractivity contribution in [3.8, 4) is 16.3 Å². The van der Waals surface area contributed by atoms with E-state index in [2.05, 4.69) is 20.5 Å². The lowest BCUT2D eigenvalue weighted by molar-refractivity contribution is 0.416. The number of nitrogens with zero attached hydrogens (tertiary/aromatic N) is 2. The summed E-state index contributed by atoms with van der Waals surface area (Å²) >= 11 is 1.45. The number of H-pyrrole nitrogens is 1. The minimum Gasteiger partial charge on any atom is -0.495 e. The van der Waals surface area contributed by atoms with Gasteiger partial charge in [-0.25, -0.2) is 0 Å². The van der Waals surface area contributed by atoms with Gasteiger partial charge >= 0.3 is 0 Å². The van der Waals surface area contributed by atoms with Gasteiger partial charge in [0.2, 0.25) is 5.95 Å². The van der Waals surface area contributed by atoms with Crippen molar-refractivity contribution in [1.82, 2.24) is 15.2 Å². The molecule has 0 atom stereocenters. The van der Waals surface area contributed by atoms with Crippen LogP contribution in [0.5, 0.6) is 5.75 Å². The number of methoxy groups -OCH3 is 1. The summed E-state index contributed by atoms with van der Waals surface area (Å²) in [6.07, 6.45) is 0. The minimum atomic E-state index is -0.286. The molecular formula is C15H14N4O2S. The first-order valence-electron chi connectivity index (χ1n) is 6.60. The number of hydrogen-bond donors (Lipinski definition) is 2. The topological polar surface area (TPSA) is 79.9 Å². The van der Waals surface area contributed by atoms with Crippen LogP contribution in [0.4, 0.5) is 11.6 Å². The second-order valence-corrected chi connectivity index (χ2v) is 5.61. The molecule has 0 aliphatic rings. The number of ether oxygens (including phenoxy) is 1. The molecule has 2 N–H and O–H groups in total. The van der Waals surface area contributed by atoms with E-state index in [-0.39, 0.29) is 11.5 Å². The molecular weight excluding hydrogens is 300 g/mol. The van der Waals surface area contributed by atoms with Gasteiger partial charge in [0, 0.05) is 0 Å². The molecule has 0 saturated carbocycles. The van der Waals surface area contributed by atoms with Crippen molar-refractivity contribution in [2.75, 3.05) is 12.4 Å². The van der Waals surface area contributed by atoms with E-state index in [0.29, 0.717) is 11.4 Å². The molecule has 7 heteroatoms. The number of rotatable bonds is 4. The Morgan fingerprint density at radius 2 is 2.14 bits per heavy atom. The molecule has 0 spiro atoms. The first-order chi connectivity index (χ1) is 10.7. The van der Waals surface area contributed by atoms with Crippen LogP contribution >= 0.6 is 11.3 Å². The van der Waals surface area contributed by atoms with Gasteiger partial charge in [-0.15, -0.1) is 21.5 Å². The van der Waals surface area contributed by atoms with Crippen molar-refractivity contribution < 1.29 is 4.74 Å².